The highest BCUT2D eigenvalue weighted by molar-refractivity contribution is 7.07. The Morgan fingerprint density at radius 2 is 2.07 bits per heavy atom. The fourth-order valence-corrected chi connectivity index (χ4v) is 3.45. The second kappa shape index (κ2) is 8.92. The van der Waals surface area contributed by atoms with Crippen LogP contribution in [0.4, 0.5) is 5.69 Å². The van der Waals surface area contributed by atoms with Crippen LogP contribution in [0.25, 0.3) is 11.3 Å². The predicted octanol–water partition coefficient (Wildman–Crippen LogP) is 4.25. The van der Waals surface area contributed by atoms with Crippen LogP contribution in [0, 0.1) is 10.1 Å². The molecule has 8 heteroatoms. The summed E-state index contributed by atoms with van der Waals surface area (Å²) >= 11 is 1.46. The molecule has 0 radical (unpaired) electrons. The molecule has 0 atom stereocenters. The van der Waals surface area contributed by atoms with E-state index in [0.29, 0.717) is 16.9 Å². The molecule has 0 fully saturated rings. The lowest BCUT2D eigenvalue weighted by Crippen LogP contribution is -2.14. The summed E-state index contributed by atoms with van der Waals surface area (Å²) in [5.74, 6) is 0.792. The van der Waals surface area contributed by atoms with Crippen molar-refractivity contribution in [2.24, 2.45) is 10.2 Å². The third-order valence-corrected chi connectivity index (χ3v) is 4.78. The molecular formula is C20H18N4O3S. The van der Waals surface area contributed by atoms with Crippen LogP contribution in [0.3, 0.4) is 0 Å². The first-order valence-corrected chi connectivity index (χ1v) is 9.25. The SMILES string of the molecule is C=CCn1c(-c2ccc(OC)cc2)cs/c1=N\N=C/c1cccc([N+](=O)[O-])c1. The van der Waals surface area contributed by atoms with Gasteiger partial charge in [-0.05, 0) is 29.8 Å². The monoisotopic (exact) mass is 394 g/mol. The van der Waals surface area contributed by atoms with E-state index in [4.69, 9.17) is 4.74 Å². The molecule has 1 aromatic heterocycles. The lowest BCUT2D eigenvalue weighted by Gasteiger charge is -2.07. The van der Waals surface area contributed by atoms with E-state index in [1.165, 1.54) is 29.7 Å². The summed E-state index contributed by atoms with van der Waals surface area (Å²) in [4.78, 5) is 11.1. The first-order chi connectivity index (χ1) is 13.6. The van der Waals surface area contributed by atoms with E-state index in [-0.39, 0.29) is 5.69 Å². The summed E-state index contributed by atoms with van der Waals surface area (Å²) in [6.45, 7) is 4.39. The van der Waals surface area contributed by atoms with Gasteiger partial charge in [-0.25, -0.2) is 0 Å². The molecule has 0 saturated carbocycles. The molecule has 0 spiro atoms. The molecular weight excluding hydrogens is 376 g/mol. The number of thiazole rings is 1. The maximum absolute atomic E-state index is 10.9. The normalized spacial score (nSPS) is 11.7. The van der Waals surface area contributed by atoms with Crippen LogP contribution in [-0.4, -0.2) is 22.8 Å². The molecule has 0 N–H and O–H groups in total. The summed E-state index contributed by atoms with van der Waals surface area (Å²) in [6.07, 6.45) is 3.29. The van der Waals surface area contributed by atoms with Crippen LogP contribution in [0.2, 0.25) is 0 Å². The number of ether oxygens (including phenoxy) is 1. The van der Waals surface area contributed by atoms with Crippen molar-refractivity contribution in [1.82, 2.24) is 4.57 Å². The third kappa shape index (κ3) is 4.41. The van der Waals surface area contributed by atoms with E-state index in [0.717, 1.165) is 17.0 Å². The Hall–Kier alpha value is -3.52. The minimum Gasteiger partial charge on any atom is -0.497 e. The molecule has 0 aliphatic carbocycles. The lowest BCUT2D eigenvalue weighted by molar-refractivity contribution is -0.384. The van der Waals surface area contributed by atoms with E-state index in [9.17, 15) is 10.1 Å². The van der Waals surface area contributed by atoms with Crippen molar-refractivity contribution >= 4 is 23.2 Å². The zero-order valence-electron chi connectivity index (χ0n) is 15.2. The Bertz CT molecular complexity index is 1080. The first kappa shape index (κ1) is 19.2. The van der Waals surface area contributed by atoms with Crippen molar-refractivity contribution in [2.75, 3.05) is 7.11 Å². The van der Waals surface area contributed by atoms with Gasteiger partial charge in [0.25, 0.3) is 5.69 Å². The molecule has 0 amide bonds. The Morgan fingerprint density at radius 3 is 2.75 bits per heavy atom. The number of rotatable bonds is 7. The smallest absolute Gasteiger partial charge is 0.270 e. The molecule has 2 aromatic carbocycles. The van der Waals surface area contributed by atoms with Gasteiger partial charge < -0.3 is 9.30 Å². The maximum atomic E-state index is 10.9. The van der Waals surface area contributed by atoms with E-state index in [1.807, 2.05) is 34.2 Å². The van der Waals surface area contributed by atoms with E-state index in [2.05, 4.69) is 16.8 Å². The van der Waals surface area contributed by atoms with Crippen LogP contribution in [0.1, 0.15) is 5.56 Å². The fourth-order valence-electron chi connectivity index (χ4n) is 2.57. The largest absolute Gasteiger partial charge is 0.497 e. The Kier molecular flexibility index (Phi) is 6.13. The van der Waals surface area contributed by atoms with Crippen LogP contribution in [-0.2, 0) is 6.54 Å². The molecule has 3 aromatic rings. The topological polar surface area (TPSA) is 82.0 Å². The van der Waals surface area contributed by atoms with Crippen LogP contribution in [0.5, 0.6) is 5.75 Å². The van der Waals surface area contributed by atoms with Gasteiger partial charge in [0.2, 0.25) is 4.80 Å². The summed E-state index contributed by atoms with van der Waals surface area (Å²) in [5.41, 5.74) is 2.66. The van der Waals surface area contributed by atoms with Gasteiger partial charge in [0.15, 0.2) is 0 Å². The summed E-state index contributed by atoms with van der Waals surface area (Å²) in [5, 5.41) is 21.3. The standard InChI is InChI=1S/C20H18N4O3S/c1-3-11-23-19(16-7-9-18(27-2)10-8-16)14-28-20(23)22-21-13-15-5-4-6-17(12-15)24(25)26/h3-10,12-14H,1,11H2,2H3/b21-13-,22-20-. The van der Waals surface area contributed by atoms with Gasteiger partial charge in [0, 0.05) is 29.6 Å². The molecule has 0 bridgehead atoms. The second-order valence-electron chi connectivity index (χ2n) is 5.73. The number of nitro groups is 1. The predicted molar refractivity (Wildman–Crippen MR) is 111 cm³/mol. The zero-order valence-corrected chi connectivity index (χ0v) is 16.0. The zero-order chi connectivity index (χ0) is 19.9. The average Bonchev–Trinajstić information content (AvgIpc) is 3.11. The van der Waals surface area contributed by atoms with Crippen molar-refractivity contribution in [2.45, 2.75) is 6.54 Å². The molecule has 1 heterocycles. The number of nitro benzene ring substituents is 1. The highest BCUT2D eigenvalue weighted by atomic mass is 32.1. The average molecular weight is 394 g/mol. The second-order valence-corrected chi connectivity index (χ2v) is 6.56. The van der Waals surface area contributed by atoms with Gasteiger partial charge in [-0.3, -0.25) is 10.1 Å². The van der Waals surface area contributed by atoms with Gasteiger partial charge in [-0.2, -0.15) is 5.10 Å². The number of hydrogen-bond acceptors (Lipinski definition) is 6. The molecule has 0 aliphatic heterocycles. The van der Waals surface area contributed by atoms with E-state index in [1.54, 1.807) is 25.3 Å². The van der Waals surface area contributed by atoms with Crippen molar-refractivity contribution in [1.29, 1.82) is 0 Å². The summed E-state index contributed by atoms with van der Waals surface area (Å²) in [6, 6.07) is 14.0. The van der Waals surface area contributed by atoms with Crippen LogP contribution < -0.4 is 9.54 Å². The first-order valence-electron chi connectivity index (χ1n) is 8.37. The number of allylic oxidation sites excluding steroid dienone is 1. The van der Waals surface area contributed by atoms with Gasteiger partial charge >= 0.3 is 0 Å². The number of aromatic nitrogens is 1. The molecule has 7 nitrogen and oxygen atoms in total. The van der Waals surface area contributed by atoms with Crippen molar-refractivity contribution in [3.63, 3.8) is 0 Å². The molecule has 0 unspecified atom stereocenters. The summed E-state index contributed by atoms with van der Waals surface area (Å²) < 4.78 is 7.21. The van der Waals surface area contributed by atoms with Crippen molar-refractivity contribution in [3.05, 3.63) is 87.0 Å². The van der Waals surface area contributed by atoms with Crippen molar-refractivity contribution < 1.29 is 9.66 Å². The number of nitrogens with zero attached hydrogens (tertiary/aromatic N) is 4. The minimum atomic E-state index is -0.438. The minimum absolute atomic E-state index is 0.0172. The summed E-state index contributed by atoms with van der Waals surface area (Å²) in [7, 11) is 1.63. The number of benzene rings is 2. The molecule has 0 saturated heterocycles. The Morgan fingerprint density at radius 1 is 1.29 bits per heavy atom. The quantitative estimate of drug-likeness (QED) is 0.260. The maximum Gasteiger partial charge on any atom is 0.270 e. The molecule has 0 aliphatic rings. The van der Waals surface area contributed by atoms with Crippen LogP contribution in [0.15, 0.2) is 76.8 Å². The van der Waals surface area contributed by atoms with Gasteiger partial charge in [-0.1, -0.05) is 18.2 Å². The molecule has 142 valence electrons. The highest BCUT2D eigenvalue weighted by Gasteiger charge is 2.07. The number of non-ortho nitro benzene ring substituents is 1. The Labute approximate surface area is 165 Å². The van der Waals surface area contributed by atoms with Gasteiger partial charge in [0.05, 0.1) is 23.9 Å². The lowest BCUT2D eigenvalue weighted by atomic mass is 10.1. The Balaban J connectivity index is 1.93. The van der Waals surface area contributed by atoms with Gasteiger partial charge in [0.1, 0.15) is 5.75 Å². The van der Waals surface area contributed by atoms with Crippen LogP contribution >= 0.6 is 11.3 Å². The van der Waals surface area contributed by atoms with E-state index >= 15 is 0 Å². The number of methoxy groups -OCH3 is 1. The fraction of sp³-hybridized carbons (Fsp3) is 0.100. The third-order valence-electron chi connectivity index (χ3n) is 3.93. The molecule has 28 heavy (non-hydrogen) atoms. The molecule has 3 rings (SSSR count). The number of hydrogen-bond donors (Lipinski definition) is 0. The highest BCUT2D eigenvalue weighted by Crippen LogP contribution is 2.23. The van der Waals surface area contributed by atoms with Crippen molar-refractivity contribution in [3.8, 4) is 17.0 Å². The van der Waals surface area contributed by atoms with E-state index < -0.39 is 4.92 Å². The van der Waals surface area contributed by atoms with Gasteiger partial charge in [-0.15, -0.1) is 23.0 Å².